The molecule has 0 aliphatic heterocycles. The van der Waals surface area contributed by atoms with E-state index in [1.807, 2.05) is 18.2 Å². The SMILES string of the molecule is O=[N+]([O-])/C(=C/c1cc(F)cc(Cl)c1)Cc1ccccc1. The monoisotopic (exact) mass is 291 g/mol. The molecule has 102 valence electrons. The van der Waals surface area contributed by atoms with E-state index in [2.05, 4.69) is 0 Å². The van der Waals surface area contributed by atoms with Crippen LogP contribution in [0.25, 0.3) is 6.08 Å². The normalized spacial score (nSPS) is 11.4. The number of hydrogen-bond donors (Lipinski definition) is 0. The molecule has 0 aromatic heterocycles. The lowest BCUT2D eigenvalue weighted by atomic mass is 10.1. The van der Waals surface area contributed by atoms with Crippen molar-refractivity contribution < 1.29 is 9.31 Å². The predicted molar refractivity (Wildman–Crippen MR) is 76.5 cm³/mol. The molecule has 0 saturated carbocycles. The molecule has 2 rings (SSSR count). The summed E-state index contributed by atoms with van der Waals surface area (Å²) in [5.74, 6) is -0.522. The fourth-order valence-electron chi connectivity index (χ4n) is 1.82. The Balaban J connectivity index is 2.33. The second-order valence-corrected chi connectivity index (χ2v) is 4.69. The van der Waals surface area contributed by atoms with E-state index in [0.29, 0.717) is 5.56 Å². The minimum atomic E-state index is -0.522. The van der Waals surface area contributed by atoms with Crippen LogP contribution in [0.15, 0.2) is 54.2 Å². The van der Waals surface area contributed by atoms with Gasteiger partial charge in [0, 0.05) is 11.1 Å². The van der Waals surface area contributed by atoms with Crippen molar-refractivity contribution in [1.29, 1.82) is 0 Å². The second kappa shape index (κ2) is 6.30. The van der Waals surface area contributed by atoms with Gasteiger partial charge in [-0.2, -0.15) is 0 Å². The summed E-state index contributed by atoms with van der Waals surface area (Å²) in [5, 5.41) is 11.3. The molecule has 0 fully saturated rings. The molecule has 0 radical (unpaired) electrons. The molecule has 0 N–H and O–H groups in total. The van der Waals surface area contributed by atoms with Crippen LogP contribution in [0.3, 0.4) is 0 Å². The number of rotatable bonds is 4. The maximum atomic E-state index is 13.2. The molecule has 5 heteroatoms. The zero-order valence-corrected chi connectivity index (χ0v) is 11.2. The van der Waals surface area contributed by atoms with Crippen molar-refractivity contribution in [2.75, 3.05) is 0 Å². The largest absolute Gasteiger partial charge is 0.259 e. The molecule has 0 spiro atoms. The van der Waals surface area contributed by atoms with Crippen molar-refractivity contribution in [2.24, 2.45) is 0 Å². The number of allylic oxidation sites excluding steroid dienone is 1. The first-order valence-corrected chi connectivity index (χ1v) is 6.27. The highest BCUT2D eigenvalue weighted by molar-refractivity contribution is 6.30. The first-order valence-electron chi connectivity index (χ1n) is 5.89. The van der Waals surface area contributed by atoms with E-state index in [4.69, 9.17) is 11.6 Å². The van der Waals surface area contributed by atoms with Gasteiger partial charge in [0.2, 0.25) is 0 Å². The maximum absolute atomic E-state index is 13.2. The fourth-order valence-corrected chi connectivity index (χ4v) is 2.05. The van der Waals surface area contributed by atoms with Crippen molar-refractivity contribution in [3.05, 3.63) is 86.3 Å². The molecule has 2 aromatic rings. The topological polar surface area (TPSA) is 43.1 Å². The van der Waals surface area contributed by atoms with Crippen LogP contribution in [0, 0.1) is 15.9 Å². The minimum absolute atomic E-state index is 0.0159. The number of halogens is 2. The highest BCUT2D eigenvalue weighted by Gasteiger charge is 2.12. The lowest BCUT2D eigenvalue weighted by Gasteiger charge is -2.01. The highest BCUT2D eigenvalue weighted by atomic mass is 35.5. The minimum Gasteiger partial charge on any atom is -0.259 e. The van der Waals surface area contributed by atoms with Crippen LogP contribution >= 0.6 is 11.6 Å². The van der Waals surface area contributed by atoms with Gasteiger partial charge in [0.05, 0.1) is 11.3 Å². The average Bonchev–Trinajstić information content (AvgIpc) is 2.38. The van der Waals surface area contributed by atoms with Gasteiger partial charge >= 0.3 is 0 Å². The fraction of sp³-hybridized carbons (Fsp3) is 0.0667. The van der Waals surface area contributed by atoms with Crippen LogP contribution in [0.2, 0.25) is 5.02 Å². The predicted octanol–water partition coefficient (Wildman–Crippen LogP) is 4.34. The van der Waals surface area contributed by atoms with E-state index in [9.17, 15) is 14.5 Å². The molecule has 0 aliphatic carbocycles. The van der Waals surface area contributed by atoms with Gasteiger partial charge < -0.3 is 0 Å². The zero-order valence-electron chi connectivity index (χ0n) is 10.4. The van der Waals surface area contributed by atoms with Crippen molar-refractivity contribution in [1.82, 2.24) is 0 Å². The summed E-state index contributed by atoms with van der Waals surface area (Å²) in [5.41, 5.74) is 1.17. The molecule has 0 bridgehead atoms. The van der Waals surface area contributed by atoms with E-state index >= 15 is 0 Å². The van der Waals surface area contributed by atoms with Crippen molar-refractivity contribution in [3.8, 4) is 0 Å². The quantitative estimate of drug-likeness (QED) is 0.621. The van der Waals surface area contributed by atoms with E-state index in [1.54, 1.807) is 12.1 Å². The first-order chi connectivity index (χ1) is 9.54. The Labute approximate surface area is 120 Å². The Morgan fingerprint density at radius 1 is 1.25 bits per heavy atom. The van der Waals surface area contributed by atoms with E-state index in [-0.39, 0.29) is 17.1 Å². The van der Waals surface area contributed by atoms with Crippen LogP contribution in [0.1, 0.15) is 11.1 Å². The van der Waals surface area contributed by atoms with Gasteiger partial charge in [0.15, 0.2) is 0 Å². The van der Waals surface area contributed by atoms with E-state index in [0.717, 1.165) is 11.6 Å². The summed E-state index contributed by atoms with van der Waals surface area (Å²) >= 11 is 5.73. The number of nitro groups is 1. The standard InChI is InChI=1S/C15H11ClFNO2/c16-13-6-12(7-14(17)10-13)9-15(18(19)20)8-11-4-2-1-3-5-11/h1-7,9-10H,8H2/b15-9+. The van der Waals surface area contributed by atoms with Gasteiger partial charge in [-0.3, -0.25) is 10.1 Å². The van der Waals surface area contributed by atoms with Gasteiger partial charge in [0.1, 0.15) is 5.82 Å². The third-order valence-electron chi connectivity index (χ3n) is 2.68. The summed E-state index contributed by atoms with van der Waals surface area (Å²) in [6, 6.07) is 12.9. The Kier molecular flexibility index (Phi) is 4.48. The molecule has 2 aromatic carbocycles. The summed E-state index contributed by atoms with van der Waals surface area (Å²) in [7, 11) is 0. The van der Waals surface area contributed by atoms with Crippen molar-refractivity contribution in [2.45, 2.75) is 6.42 Å². The lowest BCUT2D eigenvalue weighted by Crippen LogP contribution is -2.02. The summed E-state index contributed by atoms with van der Waals surface area (Å²) in [6.07, 6.45) is 1.50. The van der Waals surface area contributed by atoms with Crippen molar-refractivity contribution >= 4 is 17.7 Å². The van der Waals surface area contributed by atoms with Crippen LogP contribution in [-0.4, -0.2) is 4.92 Å². The van der Waals surface area contributed by atoms with Crippen LogP contribution < -0.4 is 0 Å². The van der Waals surface area contributed by atoms with E-state index in [1.165, 1.54) is 18.2 Å². The summed E-state index contributed by atoms with van der Waals surface area (Å²) in [4.78, 5) is 10.6. The zero-order chi connectivity index (χ0) is 14.5. The molecule has 0 atom stereocenters. The van der Waals surface area contributed by atoms with Crippen LogP contribution in [0.4, 0.5) is 4.39 Å². The molecule has 3 nitrogen and oxygen atoms in total. The van der Waals surface area contributed by atoms with Crippen LogP contribution in [0.5, 0.6) is 0 Å². The molecule has 0 saturated heterocycles. The maximum Gasteiger partial charge on any atom is 0.251 e. The lowest BCUT2D eigenvalue weighted by molar-refractivity contribution is -0.425. The summed E-state index contributed by atoms with van der Waals surface area (Å²) < 4.78 is 13.2. The number of nitrogens with zero attached hydrogens (tertiary/aromatic N) is 1. The molecule has 0 unspecified atom stereocenters. The van der Waals surface area contributed by atoms with Gasteiger partial charge in [-0.05, 0) is 29.3 Å². The highest BCUT2D eigenvalue weighted by Crippen LogP contribution is 2.18. The van der Waals surface area contributed by atoms with Crippen LogP contribution in [-0.2, 0) is 6.42 Å². The molecular formula is C15H11ClFNO2. The van der Waals surface area contributed by atoms with E-state index < -0.39 is 10.7 Å². The number of benzene rings is 2. The van der Waals surface area contributed by atoms with Gasteiger partial charge in [-0.15, -0.1) is 0 Å². The third-order valence-corrected chi connectivity index (χ3v) is 2.90. The molecule has 20 heavy (non-hydrogen) atoms. The molecule has 0 amide bonds. The first kappa shape index (κ1) is 14.2. The average molecular weight is 292 g/mol. The Bertz CT molecular complexity index is 636. The summed E-state index contributed by atoms with van der Waals surface area (Å²) in [6.45, 7) is 0. The Morgan fingerprint density at radius 3 is 2.55 bits per heavy atom. The number of hydrogen-bond acceptors (Lipinski definition) is 2. The third kappa shape index (κ3) is 3.90. The Hall–Kier alpha value is -2.20. The van der Waals surface area contributed by atoms with Crippen molar-refractivity contribution in [3.63, 3.8) is 0 Å². The van der Waals surface area contributed by atoms with Gasteiger partial charge in [0.25, 0.3) is 5.70 Å². The molecule has 0 aliphatic rings. The molecular weight excluding hydrogens is 281 g/mol. The smallest absolute Gasteiger partial charge is 0.251 e. The molecule has 0 heterocycles. The second-order valence-electron chi connectivity index (χ2n) is 4.26. The Morgan fingerprint density at radius 2 is 1.95 bits per heavy atom. The van der Waals surface area contributed by atoms with Gasteiger partial charge in [-0.25, -0.2) is 4.39 Å². The van der Waals surface area contributed by atoms with Gasteiger partial charge in [-0.1, -0.05) is 41.9 Å².